The molecule has 558 valence electrons. The Balaban J connectivity index is 5.10. The number of carbonyl (C=O) groups excluding carboxylic acids is 4. The number of hydrogen-bond donors (Lipinski definition) is 3. The molecule has 0 heterocycles. The summed E-state index contributed by atoms with van der Waals surface area (Å²) in [6.45, 7) is 14.1. The van der Waals surface area contributed by atoms with Crippen LogP contribution in [0.4, 0.5) is 0 Å². The van der Waals surface area contributed by atoms with Gasteiger partial charge < -0.3 is 33.8 Å². The number of aliphatic hydroxyl groups excluding tert-OH is 1. The predicted molar refractivity (Wildman–Crippen MR) is 381 cm³/mol. The van der Waals surface area contributed by atoms with Crippen molar-refractivity contribution in [2.75, 3.05) is 39.6 Å². The Morgan fingerprint density at radius 2 is 0.511 bits per heavy atom. The van der Waals surface area contributed by atoms with Crippen LogP contribution in [0.2, 0.25) is 0 Å². The molecule has 0 rings (SSSR count). The maximum absolute atomic E-state index is 13.0. The minimum Gasteiger partial charge on any atom is -0.462 e. The predicted octanol–water partition coefficient (Wildman–Crippen LogP) is 21.7. The molecule has 3 N–H and O–H groups in total. The molecule has 4 unspecified atom stereocenters. The van der Waals surface area contributed by atoms with E-state index in [1.54, 1.807) is 0 Å². The molecule has 94 heavy (non-hydrogen) atoms. The summed E-state index contributed by atoms with van der Waals surface area (Å²) in [5, 5.41) is 10.6. The molecule has 0 spiro atoms. The highest BCUT2D eigenvalue weighted by molar-refractivity contribution is 7.47. The van der Waals surface area contributed by atoms with Crippen molar-refractivity contribution in [1.82, 2.24) is 0 Å². The minimum absolute atomic E-state index is 0.102. The van der Waals surface area contributed by atoms with Crippen LogP contribution in [0.5, 0.6) is 0 Å². The van der Waals surface area contributed by atoms with E-state index >= 15 is 0 Å². The number of ether oxygens (including phenoxy) is 4. The van der Waals surface area contributed by atoms with Gasteiger partial charge in [0.15, 0.2) is 12.2 Å². The molecule has 0 saturated carbocycles. The molecule has 0 fully saturated rings. The van der Waals surface area contributed by atoms with Crippen LogP contribution in [0.1, 0.15) is 376 Å². The maximum atomic E-state index is 13.0. The van der Waals surface area contributed by atoms with Gasteiger partial charge in [-0.05, 0) is 49.4 Å². The number of esters is 4. The van der Waals surface area contributed by atoms with E-state index in [-0.39, 0.29) is 25.7 Å². The second-order valence-corrected chi connectivity index (χ2v) is 31.4. The topological polar surface area (TPSA) is 237 Å². The van der Waals surface area contributed by atoms with Crippen molar-refractivity contribution in [3.8, 4) is 0 Å². The molecule has 0 aromatic rings. The fourth-order valence-electron chi connectivity index (χ4n) is 11.3. The molecule has 0 aromatic carbocycles. The largest absolute Gasteiger partial charge is 0.472 e. The summed E-state index contributed by atoms with van der Waals surface area (Å²) >= 11 is 0. The average molecular weight is 1380 g/mol. The first-order valence-electron chi connectivity index (χ1n) is 38.8. The normalized spacial score (nSPS) is 14.7. The van der Waals surface area contributed by atoms with Crippen molar-refractivity contribution in [3.05, 3.63) is 0 Å². The van der Waals surface area contributed by atoms with E-state index in [0.717, 1.165) is 108 Å². The summed E-state index contributed by atoms with van der Waals surface area (Å²) < 4.78 is 68.3. The van der Waals surface area contributed by atoms with Gasteiger partial charge in [-0.3, -0.25) is 37.3 Å². The van der Waals surface area contributed by atoms with Gasteiger partial charge in [0.2, 0.25) is 0 Å². The molecule has 0 aliphatic heterocycles. The Hall–Kier alpha value is -1.94. The van der Waals surface area contributed by atoms with Crippen molar-refractivity contribution in [1.29, 1.82) is 0 Å². The van der Waals surface area contributed by atoms with Gasteiger partial charge in [0.25, 0.3) is 0 Å². The molecule has 19 heteroatoms. The third-order valence-corrected chi connectivity index (χ3v) is 19.9. The molecular formula is C75H146O17P2. The summed E-state index contributed by atoms with van der Waals surface area (Å²) in [6.07, 6.45) is 49.0. The minimum atomic E-state index is -4.95. The second kappa shape index (κ2) is 64.4. The molecule has 0 aliphatic carbocycles. The molecule has 17 nitrogen and oxygen atoms in total. The number of aliphatic hydroxyl groups is 1. The molecule has 7 atom stereocenters. The first-order valence-corrected chi connectivity index (χ1v) is 41.8. The summed E-state index contributed by atoms with van der Waals surface area (Å²) in [5.41, 5.74) is 0. The van der Waals surface area contributed by atoms with Gasteiger partial charge in [0.1, 0.15) is 19.3 Å². The van der Waals surface area contributed by atoms with Crippen molar-refractivity contribution in [2.24, 2.45) is 23.7 Å². The Labute approximate surface area is 575 Å². The number of phosphoric ester groups is 2. The fourth-order valence-corrected chi connectivity index (χ4v) is 12.9. The third kappa shape index (κ3) is 66.0. The van der Waals surface area contributed by atoms with Gasteiger partial charge >= 0.3 is 39.5 Å². The number of rotatable bonds is 72. The number of phosphoric acid groups is 2. The molecule has 0 amide bonds. The van der Waals surface area contributed by atoms with Crippen molar-refractivity contribution < 1.29 is 80.2 Å². The lowest BCUT2D eigenvalue weighted by Crippen LogP contribution is -2.30. The van der Waals surface area contributed by atoms with Gasteiger partial charge in [-0.1, -0.05) is 325 Å². The fraction of sp³-hybridized carbons (Fsp3) is 0.947. The van der Waals surface area contributed by atoms with Crippen LogP contribution in [0, 0.1) is 23.7 Å². The maximum Gasteiger partial charge on any atom is 0.472 e. The summed E-state index contributed by atoms with van der Waals surface area (Å²) in [4.78, 5) is 72.6. The van der Waals surface area contributed by atoms with E-state index in [9.17, 15) is 43.2 Å². The summed E-state index contributed by atoms with van der Waals surface area (Å²) in [5.74, 6) is 0.895. The second-order valence-electron chi connectivity index (χ2n) is 28.5. The van der Waals surface area contributed by atoms with Gasteiger partial charge in [0, 0.05) is 25.7 Å². The molecule has 0 bridgehead atoms. The Kier molecular flexibility index (Phi) is 63.1. The zero-order chi connectivity index (χ0) is 69.6. The van der Waals surface area contributed by atoms with Gasteiger partial charge in [-0.15, -0.1) is 0 Å². The first kappa shape index (κ1) is 92.1. The summed E-state index contributed by atoms with van der Waals surface area (Å²) in [6, 6.07) is 0. The highest BCUT2D eigenvalue weighted by atomic mass is 31.2. The molecular weight excluding hydrogens is 1230 g/mol. The van der Waals surface area contributed by atoms with Crippen molar-refractivity contribution in [2.45, 2.75) is 395 Å². The smallest absolute Gasteiger partial charge is 0.462 e. The molecule has 0 radical (unpaired) electrons. The molecule has 0 aliphatic rings. The van der Waals surface area contributed by atoms with E-state index in [0.29, 0.717) is 37.5 Å². The Bertz CT molecular complexity index is 1850. The van der Waals surface area contributed by atoms with Gasteiger partial charge in [0.05, 0.1) is 26.4 Å². The quantitative estimate of drug-likeness (QED) is 0.0222. The lowest BCUT2D eigenvalue weighted by atomic mass is 9.99. The van der Waals surface area contributed by atoms with Crippen LogP contribution in [0.3, 0.4) is 0 Å². The zero-order valence-corrected chi connectivity index (χ0v) is 63.4. The van der Waals surface area contributed by atoms with Gasteiger partial charge in [-0.25, -0.2) is 9.13 Å². The average Bonchev–Trinajstić information content (AvgIpc) is 1.27. The number of hydrogen-bond acceptors (Lipinski definition) is 15. The van der Waals surface area contributed by atoms with Gasteiger partial charge in [-0.2, -0.15) is 0 Å². The van der Waals surface area contributed by atoms with E-state index in [1.165, 1.54) is 173 Å². The lowest BCUT2D eigenvalue weighted by molar-refractivity contribution is -0.161. The highest BCUT2D eigenvalue weighted by Crippen LogP contribution is 2.45. The third-order valence-electron chi connectivity index (χ3n) is 18.0. The first-order chi connectivity index (χ1) is 45.2. The summed E-state index contributed by atoms with van der Waals surface area (Å²) in [7, 11) is -9.91. The van der Waals surface area contributed by atoms with Crippen LogP contribution < -0.4 is 0 Å². The monoisotopic (exact) mass is 1380 g/mol. The van der Waals surface area contributed by atoms with E-state index in [4.69, 9.17) is 37.0 Å². The Morgan fingerprint density at radius 1 is 0.298 bits per heavy atom. The zero-order valence-electron chi connectivity index (χ0n) is 61.6. The lowest BCUT2D eigenvalue weighted by Gasteiger charge is -2.21. The highest BCUT2D eigenvalue weighted by Gasteiger charge is 2.30. The van der Waals surface area contributed by atoms with Crippen LogP contribution in [0.15, 0.2) is 0 Å². The standard InChI is InChI=1S/C75H146O17P2/c1-9-67(7)53-45-37-27-23-19-17-15-13-11-12-14-16-18-20-25-29-39-47-55-72(77)85-61-71(92-75(80)58-50-42-34-32-36-44-52-66(5)6)64-90-94(83,84)88-60-69(76)59-87-93(81,82)89-63-70(62-86-73(78)56-48-40-33-31-35-43-51-65(3)4)91-74(79)57-49-41-30-26-22-21-24-28-38-46-54-68(8)10-2/h65-71,76H,9-64H2,1-8H3,(H,81,82)(H,83,84)/t67?,68?,69-,70+,71+/m0/s1. The van der Waals surface area contributed by atoms with Crippen LogP contribution in [-0.2, 0) is 65.4 Å². The van der Waals surface area contributed by atoms with Crippen LogP contribution >= 0.6 is 15.6 Å². The van der Waals surface area contributed by atoms with E-state index in [1.807, 2.05) is 0 Å². The van der Waals surface area contributed by atoms with Crippen LogP contribution in [0.25, 0.3) is 0 Å². The SMILES string of the molecule is CCC(C)CCCCCCCCCCCCCCCCCCCCC(=O)OC[C@H](COP(=O)(O)OC[C@@H](O)COP(=O)(O)OC[C@@H](COC(=O)CCCCCCCCC(C)C)OC(=O)CCCCCCCCCCCCC(C)CC)OC(=O)CCCCCCCCC(C)C. The number of carbonyl (C=O) groups is 4. The van der Waals surface area contributed by atoms with Crippen LogP contribution in [-0.4, -0.2) is 96.7 Å². The molecule has 0 aromatic heterocycles. The van der Waals surface area contributed by atoms with Crippen molar-refractivity contribution in [3.63, 3.8) is 0 Å². The van der Waals surface area contributed by atoms with Crippen molar-refractivity contribution >= 4 is 39.5 Å². The van der Waals surface area contributed by atoms with E-state index in [2.05, 4.69) is 55.4 Å². The molecule has 0 saturated heterocycles. The Morgan fingerprint density at radius 3 is 0.755 bits per heavy atom. The van der Waals surface area contributed by atoms with E-state index < -0.39 is 97.5 Å². The number of unbranched alkanes of at least 4 members (excludes halogenated alkanes) is 36.